The third-order valence-electron chi connectivity index (χ3n) is 6.14. The summed E-state index contributed by atoms with van der Waals surface area (Å²) in [4.78, 5) is 12.9. The van der Waals surface area contributed by atoms with Gasteiger partial charge in [0.1, 0.15) is 0 Å². The molecule has 0 unspecified atom stereocenters. The minimum atomic E-state index is -3.80. The number of rotatable bonds is 8. The standard InChI is InChI=1S/C25H24BrCl2N3O5S2/c26-18-4-6-20(7-5-18)30-38(35,36)21-10-8-19(9-11-21)29-25(32)17-12-14-31(15-13-17)37(33,34)16-22-23(27)2-1-3-24(22)28/h1-11,17,30H,12-16H2,(H,29,32). The number of piperidine rings is 1. The Hall–Kier alpha value is -2.15. The van der Waals surface area contributed by atoms with Crippen LogP contribution in [0.15, 0.2) is 76.1 Å². The van der Waals surface area contributed by atoms with Crippen molar-refractivity contribution in [3.8, 4) is 0 Å². The molecule has 202 valence electrons. The summed E-state index contributed by atoms with van der Waals surface area (Å²) in [6.07, 6.45) is 0.704. The number of hydrogen-bond acceptors (Lipinski definition) is 5. The van der Waals surface area contributed by atoms with Gasteiger partial charge in [-0.1, -0.05) is 45.2 Å². The maximum atomic E-state index is 12.9. The molecule has 3 aromatic carbocycles. The van der Waals surface area contributed by atoms with Gasteiger partial charge in [0.2, 0.25) is 15.9 Å². The van der Waals surface area contributed by atoms with Gasteiger partial charge in [-0.3, -0.25) is 9.52 Å². The first kappa shape index (κ1) is 28.8. The highest BCUT2D eigenvalue weighted by atomic mass is 79.9. The zero-order chi connectivity index (χ0) is 27.5. The fraction of sp³-hybridized carbons (Fsp3) is 0.240. The van der Waals surface area contributed by atoms with Gasteiger partial charge >= 0.3 is 0 Å². The van der Waals surface area contributed by atoms with E-state index in [4.69, 9.17) is 23.2 Å². The van der Waals surface area contributed by atoms with Crippen LogP contribution in [-0.4, -0.2) is 40.1 Å². The summed E-state index contributed by atoms with van der Waals surface area (Å²) in [5.41, 5.74) is 1.23. The summed E-state index contributed by atoms with van der Waals surface area (Å²) < 4.78 is 55.8. The predicted octanol–water partition coefficient (Wildman–Crippen LogP) is 5.74. The van der Waals surface area contributed by atoms with Crippen LogP contribution in [0.4, 0.5) is 11.4 Å². The number of anilines is 2. The zero-order valence-corrected chi connectivity index (χ0v) is 24.6. The van der Waals surface area contributed by atoms with E-state index in [0.717, 1.165) is 4.47 Å². The second-order valence-electron chi connectivity index (χ2n) is 8.76. The van der Waals surface area contributed by atoms with E-state index in [1.807, 2.05) is 0 Å². The van der Waals surface area contributed by atoms with E-state index in [1.165, 1.54) is 28.6 Å². The van der Waals surface area contributed by atoms with E-state index >= 15 is 0 Å². The number of carbonyl (C=O) groups excluding carboxylic acids is 1. The molecule has 1 fully saturated rings. The number of carbonyl (C=O) groups is 1. The van der Waals surface area contributed by atoms with Gasteiger partial charge in [-0.2, -0.15) is 0 Å². The quantitative estimate of drug-likeness (QED) is 0.320. The number of halogens is 3. The molecule has 0 bridgehead atoms. The van der Waals surface area contributed by atoms with Gasteiger partial charge in [0.25, 0.3) is 10.0 Å². The Morgan fingerprint density at radius 1 is 0.868 bits per heavy atom. The Morgan fingerprint density at radius 3 is 2.00 bits per heavy atom. The molecule has 1 heterocycles. The second-order valence-corrected chi connectivity index (χ2v) is 14.1. The molecule has 0 aromatic heterocycles. The van der Waals surface area contributed by atoms with Crippen LogP contribution in [-0.2, 0) is 30.6 Å². The van der Waals surface area contributed by atoms with Crippen molar-refractivity contribution in [1.82, 2.24) is 4.31 Å². The molecule has 0 radical (unpaired) electrons. The first-order valence-corrected chi connectivity index (χ1v) is 16.2. The lowest BCUT2D eigenvalue weighted by molar-refractivity contribution is -0.120. The maximum absolute atomic E-state index is 12.9. The van der Waals surface area contributed by atoms with Crippen LogP contribution in [0.25, 0.3) is 0 Å². The first-order chi connectivity index (χ1) is 17.9. The molecular formula is C25H24BrCl2N3O5S2. The Kier molecular flexibility index (Phi) is 9.06. The van der Waals surface area contributed by atoms with Gasteiger partial charge in [-0.25, -0.2) is 21.1 Å². The fourth-order valence-electron chi connectivity index (χ4n) is 4.03. The van der Waals surface area contributed by atoms with Crippen molar-refractivity contribution in [1.29, 1.82) is 0 Å². The average molecular weight is 661 g/mol. The van der Waals surface area contributed by atoms with Crippen molar-refractivity contribution in [3.05, 3.63) is 86.8 Å². The van der Waals surface area contributed by atoms with Crippen molar-refractivity contribution in [2.45, 2.75) is 23.5 Å². The van der Waals surface area contributed by atoms with E-state index in [9.17, 15) is 21.6 Å². The van der Waals surface area contributed by atoms with Crippen LogP contribution in [0.5, 0.6) is 0 Å². The third kappa shape index (κ3) is 7.08. The van der Waals surface area contributed by atoms with Gasteiger partial charge in [-0.05, 0) is 73.5 Å². The summed E-state index contributed by atoms with van der Waals surface area (Å²) in [5, 5.41) is 3.37. The van der Waals surface area contributed by atoms with E-state index in [-0.39, 0.29) is 35.6 Å². The number of amides is 1. The normalized spacial score (nSPS) is 15.2. The lowest BCUT2D eigenvalue weighted by Gasteiger charge is -2.30. The second kappa shape index (κ2) is 11.9. The summed E-state index contributed by atoms with van der Waals surface area (Å²) in [6, 6.07) is 17.4. The minimum Gasteiger partial charge on any atom is -0.326 e. The Bertz CT molecular complexity index is 1510. The summed E-state index contributed by atoms with van der Waals surface area (Å²) in [7, 11) is -7.46. The molecule has 38 heavy (non-hydrogen) atoms. The van der Waals surface area contributed by atoms with E-state index in [2.05, 4.69) is 26.0 Å². The van der Waals surface area contributed by atoms with Crippen molar-refractivity contribution in [3.63, 3.8) is 0 Å². The molecule has 1 aliphatic rings. The molecule has 13 heteroatoms. The summed E-state index contributed by atoms with van der Waals surface area (Å²) in [6.45, 7) is 0.392. The summed E-state index contributed by atoms with van der Waals surface area (Å²) in [5.74, 6) is -0.943. The molecule has 3 aromatic rings. The number of nitrogens with one attached hydrogen (secondary N) is 2. The van der Waals surface area contributed by atoms with Gasteiger partial charge in [0, 0.05) is 50.5 Å². The van der Waals surface area contributed by atoms with E-state index in [0.29, 0.717) is 39.8 Å². The van der Waals surface area contributed by atoms with Crippen molar-refractivity contribution >= 4 is 76.5 Å². The molecule has 0 saturated carbocycles. The van der Waals surface area contributed by atoms with Crippen molar-refractivity contribution in [2.75, 3.05) is 23.1 Å². The molecule has 2 N–H and O–H groups in total. The highest BCUT2D eigenvalue weighted by Crippen LogP contribution is 2.29. The van der Waals surface area contributed by atoms with Gasteiger partial charge in [0.15, 0.2) is 0 Å². The van der Waals surface area contributed by atoms with Gasteiger partial charge in [0.05, 0.1) is 10.6 Å². The van der Waals surface area contributed by atoms with Crippen LogP contribution in [0, 0.1) is 5.92 Å². The molecule has 0 aliphatic carbocycles. The lowest BCUT2D eigenvalue weighted by Crippen LogP contribution is -2.42. The van der Waals surface area contributed by atoms with Crippen molar-refractivity contribution in [2.24, 2.45) is 5.92 Å². The topological polar surface area (TPSA) is 113 Å². The predicted molar refractivity (Wildman–Crippen MR) is 153 cm³/mol. The molecule has 1 aliphatic heterocycles. The molecule has 1 amide bonds. The zero-order valence-electron chi connectivity index (χ0n) is 19.9. The number of nitrogens with zero attached hydrogens (tertiary/aromatic N) is 1. The smallest absolute Gasteiger partial charge is 0.261 e. The molecule has 0 atom stereocenters. The van der Waals surface area contributed by atoms with Crippen LogP contribution in [0.1, 0.15) is 18.4 Å². The number of benzene rings is 3. The largest absolute Gasteiger partial charge is 0.326 e. The van der Waals surface area contributed by atoms with Crippen LogP contribution in [0.3, 0.4) is 0 Å². The van der Waals surface area contributed by atoms with E-state index < -0.39 is 20.0 Å². The third-order valence-corrected chi connectivity index (χ3v) is 10.6. The lowest BCUT2D eigenvalue weighted by atomic mass is 9.97. The fourth-order valence-corrected chi connectivity index (χ4v) is 7.67. The number of hydrogen-bond donors (Lipinski definition) is 2. The first-order valence-electron chi connectivity index (χ1n) is 11.5. The van der Waals surface area contributed by atoms with Crippen molar-refractivity contribution < 1.29 is 21.6 Å². The van der Waals surface area contributed by atoms with E-state index in [1.54, 1.807) is 42.5 Å². The van der Waals surface area contributed by atoms with Crippen LogP contribution in [0.2, 0.25) is 10.0 Å². The van der Waals surface area contributed by atoms with Gasteiger partial charge < -0.3 is 5.32 Å². The van der Waals surface area contributed by atoms with Gasteiger partial charge in [-0.15, -0.1) is 0 Å². The molecule has 1 saturated heterocycles. The SMILES string of the molecule is O=C(Nc1ccc(S(=O)(=O)Nc2ccc(Br)cc2)cc1)C1CCN(S(=O)(=O)Cc2c(Cl)cccc2Cl)CC1. The highest BCUT2D eigenvalue weighted by molar-refractivity contribution is 9.10. The Balaban J connectivity index is 1.32. The monoisotopic (exact) mass is 659 g/mol. The average Bonchev–Trinajstić information content (AvgIpc) is 2.88. The molecule has 4 rings (SSSR count). The van der Waals surface area contributed by atoms with Crippen LogP contribution < -0.4 is 10.0 Å². The maximum Gasteiger partial charge on any atom is 0.261 e. The Labute approximate surface area is 240 Å². The molecular weight excluding hydrogens is 637 g/mol. The highest BCUT2D eigenvalue weighted by Gasteiger charge is 2.32. The minimum absolute atomic E-state index is 0.0514. The molecule has 0 spiro atoms. The molecule has 8 nitrogen and oxygen atoms in total. The Morgan fingerprint density at radius 2 is 1.42 bits per heavy atom. The summed E-state index contributed by atoms with van der Waals surface area (Å²) >= 11 is 15.6. The van der Waals surface area contributed by atoms with Crippen LogP contribution >= 0.6 is 39.1 Å². The number of sulfonamides is 2.